The Balaban J connectivity index is 1.04. The Morgan fingerprint density at radius 3 is 1.89 bits per heavy atom. The molecule has 0 atom stereocenters. The summed E-state index contributed by atoms with van der Waals surface area (Å²) >= 11 is 0. The zero-order valence-electron chi connectivity index (χ0n) is 35.9. The Labute approximate surface area is 370 Å². The van der Waals surface area contributed by atoms with Crippen LogP contribution in [0, 0.1) is 0 Å². The first-order valence-corrected chi connectivity index (χ1v) is 22.8. The first-order chi connectivity index (χ1) is 31.0. The second-order valence-electron chi connectivity index (χ2n) is 18.2. The maximum absolute atomic E-state index is 6.20. The smallest absolute Gasteiger partial charge is 0.135 e. The second-order valence-corrected chi connectivity index (χ2v) is 18.2. The van der Waals surface area contributed by atoms with Gasteiger partial charge >= 0.3 is 0 Å². The summed E-state index contributed by atoms with van der Waals surface area (Å²) in [5, 5.41) is 4.99. The van der Waals surface area contributed by atoms with Crippen LogP contribution in [0.5, 0.6) is 0 Å². The molecule has 1 heterocycles. The molecular weight excluding hydrogens is 763 g/mol. The topological polar surface area (TPSA) is 16.4 Å². The highest BCUT2D eigenvalue weighted by Crippen LogP contribution is 2.52. The van der Waals surface area contributed by atoms with Crippen molar-refractivity contribution >= 4 is 49.8 Å². The van der Waals surface area contributed by atoms with Crippen molar-refractivity contribution in [3.8, 4) is 44.5 Å². The second kappa shape index (κ2) is 15.0. The molecule has 0 aliphatic heterocycles. The zero-order chi connectivity index (χ0) is 42.1. The minimum absolute atomic E-state index is 0.102. The molecule has 9 aromatic carbocycles. The molecule has 0 radical (unpaired) electrons. The van der Waals surface area contributed by atoms with Crippen molar-refractivity contribution in [1.82, 2.24) is 0 Å². The molecule has 1 fully saturated rings. The standard InChI is InChI=1S/C61H49NO/c1-61(2)54-26-10-6-21-48(54)49-36-32-44(39-55(49)61)46-20-7-11-27-56(46)62(45-34-30-40(31-35-45)43-33-37-59-53(38-43)51-23-9-13-29-58(51)63-59)57-28-12-8-22-50(57)52-25-15-19-42-18-14-24-47(60(42)52)41-16-4-3-5-17-41/h6-15,18-39,41H,3-5,16-17H2,1-2H3. The van der Waals surface area contributed by atoms with Gasteiger partial charge in [0.15, 0.2) is 0 Å². The van der Waals surface area contributed by atoms with Gasteiger partial charge in [0.25, 0.3) is 0 Å². The molecule has 10 aromatic rings. The fourth-order valence-electron chi connectivity index (χ4n) is 11.1. The number of rotatable bonds is 7. The highest BCUT2D eigenvalue weighted by molar-refractivity contribution is 6.07. The SMILES string of the molecule is CC1(C)c2ccccc2-c2ccc(-c3ccccc3N(c3ccc(-c4ccc5oc6ccccc6c5c4)cc3)c3ccccc3-c3cccc4cccc(C5CCCCC5)c34)cc21. The molecule has 12 rings (SSSR count). The molecule has 0 amide bonds. The average Bonchev–Trinajstić information content (AvgIpc) is 3.83. The van der Waals surface area contributed by atoms with Crippen LogP contribution in [0.2, 0.25) is 0 Å². The van der Waals surface area contributed by atoms with Crippen molar-refractivity contribution in [2.45, 2.75) is 57.3 Å². The molecule has 0 bridgehead atoms. The summed E-state index contributed by atoms with van der Waals surface area (Å²) in [4.78, 5) is 2.51. The fourth-order valence-corrected chi connectivity index (χ4v) is 11.1. The van der Waals surface area contributed by atoms with Gasteiger partial charge in [0, 0.05) is 33.0 Å². The maximum Gasteiger partial charge on any atom is 0.135 e. The lowest BCUT2D eigenvalue weighted by Crippen LogP contribution is -2.15. The van der Waals surface area contributed by atoms with Crippen LogP contribution in [-0.2, 0) is 5.41 Å². The molecule has 0 saturated heterocycles. The van der Waals surface area contributed by atoms with Crippen molar-refractivity contribution in [1.29, 1.82) is 0 Å². The number of para-hydroxylation sites is 3. The molecule has 2 nitrogen and oxygen atoms in total. The number of nitrogens with zero attached hydrogens (tertiary/aromatic N) is 1. The van der Waals surface area contributed by atoms with Gasteiger partial charge in [0.05, 0.1) is 11.4 Å². The molecule has 1 saturated carbocycles. The van der Waals surface area contributed by atoms with Gasteiger partial charge in [-0.1, -0.05) is 179 Å². The zero-order valence-corrected chi connectivity index (χ0v) is 35.9. The predicted octanol–water partition coefficient (Wildman–Crippen LogP) is 17.6. The lowest BCUT2D eigenvalue weighted by molar-refractivity contribution is 0.445. The van der Waals surface area contributed by atoms with E-state index in [9.17, 15) is 0 Å². The fraction of sp³-hybridized carbons (Fsp3) is 0.148. The van der Waals surface area contributed by atoms with Crippen LogP contribution in [0.25, 0.3) is 77.2 Å². The van der Waals surface area contributed by atoms with Gasteiger partial charge in [-0.3, -0.25) is 0 Å². The first-order valence-electron chi connectivity index (χ1n) is 22.8. The van der Waals surface area contributed by atoms with E-state index in [4.69, 9.17) is 4.42 Å². The summed E-state index contributed by atoms with van der Waals surface area (Å²) in [6, 6.07) is 72.1. The number of fused-ring (bicyclic) bond motifs is 7. The third-order valence-corrected chi connectivity index (χ3v) is 14.3. The van der Waals surface area contributed by atoms with Crippen LogP contribution in [-0.4, -0.2) is 0 Å². The largest absolute Gasteiger partial charge is 0.456 e. The van der Waals surface area contributed by atoms with E-state index in [2.05, 4.69) is 201 Å². The maximum atomic E-state index is 6.20. The van der Waals surface area contributed by atoms with Crippen LogP contribution >= 0.6 is 0 Å². The molecule has 2 aliphatic carbocycles. The minimum Gasteiger partial charge on any atom is -0.456 e. The lowest BCUT2D eigenvalue weighted by atomic mass is 9.80. The van der Waals surface area contributed by atoms with E-state index < -0.39 is 0 Å². The van der Waals surface area contributed by atoms with E-state index in [1.807, 2.05) is 12.1 Å². The normalized spacial score (nSPS) is 14.6. The highest BCUT2D eigenvalue weighted by Gasteiger charge is 2.35. The third kappa shape index (κ3) is 6.22. The molecule has 63 heavy (non-hydrogen) atoms. The van der Waals surface area contributed by atoms with E-state index in [-0.39, 0.29) is 5.41 Å². The van der Waals surface area contributed by atoms with Crippen LogP contribution in [0.15, 0.2) is 199 Å². The monoisotopic (exact) mass is 811 g/mol. The summed E-state index contributed by atoms with van der Waals surface area (Å²) < 4.78 is 6.20. The molecular formula is C61H49NO. The molecule has 2 aliphatic rings. The summed E-state index contributed by atoms with van der Waals surface area (Å²) in [7, 11) is 0. The van der Waals surface area contributed by atoms with Crippen LogP contribution < -0.4 is 4.90 Å². The summed E-state index contributed by atoms with van der Waals surface area (Å²) in [6.45, 7) is 4.74. The molecule has 1 aromatic heterocycles. The Bertz CT molecular complexity index is 3360. The van der Waals surface area contributed by atoms with Gasteiger partial charge in [0.2, 0.25) is 0 Å². The number of anilines is 3. The average molecular weight is 812 g/mol. The third-order valence-electron chi connectivity index (χ3n) is 14.3. The van der Waals surface area contributed by atoms with E-state index in [0.717, 1.165) is 39.0 Å². The number of hydrogen-bond donors (Lipinski definition) is 0. The minimum atomic E-state index is -0.102. The Kier molecular flexibility index (Phi) is 8.97. The number of benzene rings is 9. The van der Waals surface area contributed by atoms with Crippen LogP contribution in [0.4, 0.5) is 17.1 Å². The van der Waals surface area contributed by atoms with Crippen LogP contribution in [0.1, 0.15) is 68.6 Å². The number of hydrogen-bond acceptors (Lipinski definition) is 2. The Morgan fingerprint density at radius 1 is 0.444 bits per heavy atom. The van der Waals surface area contributed by atoms with Gasteiger partial charge in [-0.15, -0.1) is 0 Å². The lowest BCUT2D eigenvalue weighted by Gasteiger charge is -2.31. The van der Waals surface area contributed by atoms with Crippen LogP contribution in [0.3, 0.4) is 0 Å². The van der Waals surface area contributed by atoms with Gasteiger partial charge in [-0.05, 0) is 128 Å². The number of furan rings is 1. The molecule has 304 valence electrons. The highest BCUT2D eigenvalue weighted by atomic mass is 16.3. The summed E-state index contributed by atoms with van der Waals surface area (Å²) in [5.74, 6) is 0.578. The van der Waals surface area contributed by atoms with E-state index >= 15 is 0 Å². The molecule has 0 N–H and O–H groups in total. The van der Waals surface area contributed by atoms with Gasteiger partial charge in [-0.2, -0.15) is 0 Å². The molecule has 0 unspecified atom stereocenters. The van der Waals surface area contributed by atoms with Crippen molar-refractivity contribution in [3.05, 3.63) is 211 Å². The van der Waals surface area contributed by atoms with E-state index in [1.165, 1.54) is 104 Å². The van der Waals surface area contributed by atoms with Crippen molar-refractivity contribution in [2.24, 2.45) is 0 Å². The molecule has 2 heteroatoms. The predicted molar refractivity (Wildman–Crippen MR) is 266 cm³/mol. The van der Waals surface area contributed by atoms with Gasteiger partial charge in [-0.25, -0.2) is 0 Å². The van der Waals surface area contributed by atoms with Crippen molar-refractivity contribution in [3.63, 3.8) is 0 Å². The van der Waals surface area contributed by atoms with Gasteiger partial charge < -0.3 is 9.32 Å². The van der Waals surface area contributed by atoms with E-state index in [0.29, 0.717) is 5.92 Å². The summed E-state index contributed by atoms with van der Waals surface area (Å²) in [6.07, 6.45) is 6.46. The van der Waals surface area contributed by atoms with E-state index in [1.54, 1.807) is 0 Å². The first kappa shape index (κ1) is 37.6. The summed E-state index contributed by atoms with van der Waals surface area (Å²) in [5.41, 5.74) is 19.3. The Morgan fingerprint density at radius 2 is 1.06 bits per heavy atom. The Hall–Kier alpha value is -7.16. The quantitative estimate of drug-likeness (QED) is 0.159. The molecule has 0 spiro atoms. The van der Waals surface area contributed by atoms with Crippen molar-refractivity contribution < 1.29 is 4.42 Å². The van der Waals surface area contributed by atoms with Crippen molar-refractivity contribution in [2.75, 3.05) is 4.90 Å². The van der Waals surface area contributed by atoms with Gasteiger partial charge in [0.1, 0.15) is 11.2 Å².